The Bertz CT molecular complexity index is 335. The van der Waals surface area contributed by atoms with Crippen molar-refractivity contribution in [2.75, 3.05) is 19.8 Å². The second-order valence-corrected chi connectivity index (χ2v) is 6.67. The van der Waals surface area contributed by atoms with Crippen LogP contribution >= 0.6 is 0 Å². The molecular weight excluding hydrogens is 240 g/mol. The first-order valence-electron chi connectivity index (χ1n) is 6.63. The summed E-state index contributed by atoms with van der Waals surface area (Å²) < 4.78 is 11.2. The van der Waals surface area contributed by atoms with Crippen molar-refractivity contribution in [2.24, 2.45) is 0 Å². The van der Waals surface area contributed by atoms with Crippen molar-refractivity contribution in [1.29, 1.82) is 0 Å². The van der Waals surface area contributed by atoms with Crippen LogP contribution in [0.4, 0.5) is 0 Å². The smallest absolute Gasteiger partial charge is 0.166 e. The van der Waals surface area contributed by atoms with Crippen LogP contribution in [0.15, 0.2) is 30.8 Å². The lowest BCUT2D eigenvalue weighted by Gasteiger charge is -2.11. The molecule has 0 aromatic heterocycles. The van der Waals surface area contributed by atoms with E-state index in [1.54, 1.807) is 0 Å². The Kier molecular flexibility index (Phi) is 7.65. The number of hydrogen-bond acceptors (Lipinski definition) is 2. The third-order valence-corrected chi connectivity index (χ3v) is 4.09. The highest BCUT2D eigenvalue weighted by Crippen LogP contribution is 2.07. The van der Waals surface area contributed by atoms with E-state index < -0.39 is 9.76 Å². The van der Waals surface area contributed by atoms with Crippen molar-refractivity contribution < 1.29 is 9.16 Å². The summed E-state index contributed by atoms with van der Waals surface area (Å²) in [5.41, 5.74) is 3.10. The molecule has 0 aliphatic rings. The van der Waals surface area contributed by atoms with E-state index in [1.807, 2.05) is 13.0 Å². The van der Waals surface area contributed by atoms with Crippen LogP contribution in [0.5, 0.6) is 0 Å². The third kappa shape index (κ3) is 6.14. The van der Waals surface area contributed by atoms with Crippen molar-refractivity contribution in [3.63, 3.8) is 0 Å². The van der Waals surface area contributed by atoms with Gasteiger partial charge in [0, 0.05) is 19.8 Å². The van der Waals surface area contributed by atoms with Gasteiger partial charge in [0.15, 0.2) is 9.76 Å². The second-order valence-electron chi connectivity index (χ2n) is 4.54. The van der Waals surface area contributed by atoms with E-state index in [0.717, 1.165) is 26.2 Å². The van der Waals surface area contributed by atoms with Gasteiger partial charge in [-0.2, -0.15) is 0 Å². The van der Waals surface area contributed by atoms with Gasteiger partial charge < -0.3 is 9.16 Å². The van der Waals surface area contributed by atoms with Gasteiger partial charge >= 0.3 is 0 Å². The lowest BCUT2D eigenvalue weighted by atomic mass is 10.1. The number of ether oxygens (including phenoxy) is 1. The van der Waals surface area contributed by atoms with Crippen LogP contribution in [0.25, 0.3) is 6.08 Å². The van der Waals surface area contributed by atoms with Crippen molar-refractivity contribution in [2.45, 2.75) is 25.8 Å². The fourth-order valence-electron chi connectivity index (χ4n) is 1.66. The minimum absolute atomic E-state index is 0.454. The highest BCUT2D eigenvalue weighted by molar-refractivity contribution is 6.29. The summed E-state index contributed by atoms with van der Waals surface area (Å²) in [7, 11) is -0.454. The maximum Gasteiger partial charge on any atom is 0.166 e. The fourth-order valence-corrected chi connectivity index (χ4v) is 2.64. The van der Waals surface area contributed by atoms with Gasteiger partial charge in [-0.1, -0.05) is 43.8 Å². The summed E-state index contributed by atoms with van der Waals surface area (Å²) in [5.74, 6) is 0. The van der Waals surface area contributed by atoms with Crippen LogP contribution in [-0.2, 0) is 15.6 Å². The zero-order valence-corrected chi connectivity index (χ0v) is 12.9. The Balaban J connectivity index is 2.15. The Hall–Kier alpha value is -0.903. The number of hydrogen-bond donors (Lipinski definition) is 0. The molecule has 0 amide bonds. The lowest BCUT2D eigenvalue weighted by molar-refractivity contribution is 0.144. The van der Waals surface area contributed by atoms with Gasteiger partial charge in [-0.3, -0.25) is 0 Å². The molecule has 3 heteroatoms. The standard InChI is InChI=1S/C15H24O2Si/c1-4-14-6-8-15(9-7-14)10-11-17-18-13(3)12-16-5-2/h4,6-9,13H,1,5,10-12,18H2,2-3H3. The van der Waals surface area contributed by atoms with Gasteiger partial charge in [-0.15, -0.1) is 0 Å². The molecule has 0 fully saturated rings. The molecule has 0 radical (unpaired) electrons. The molecule has 1 rings (SSSR count). The maximum atomic E-state index is 5.79. The van der Waals surface area contributed by atoms with Gasteiger partial charge in [0.25, 0.3) is 0 Å². The topological polar surface area (TPSA) is 18.5 Å². The summed E-state index contributed by atoms with van der Waals surface area (Å²) in [4.78, 5) is 0. The summed E-state index contributed by atoms with van der Waals surface area (Å²) in [5, 5.41) is 0. The first kappa shape index (κ1) is 15.2. The highest BCUT2D eigenvalue weighted by atomic mass is 28.2. The second kappa shape index (κ2) is 9.08. The maximum absolute atomic E-state index is 5.79. The van der Waals surface area contributed by atoms with E-state index in [0.29, 0.717) is 5.54 Å². The van der Waals surface area contributed by atoms with Crippen LogP contribution in [0.3, 0.4) is 0 Å². The van der Waals surface area contributed by atoms with E-state index in [-0.39, 0.29) is 0 Å². The monoisotopic (exact) mass is 264 g/mol. The molecule has 100 valence electrons. The Labute approximate surface area is 113 Å². The summed E-state index contributed by atoms with van der Waals surface area (Å²) in [6, 6.07) is 8.48. The van der Waals surface area contributed by atoms with Crippen LogP contribution in [-0.4, -0.2) is 29.6 Å². The first-order valence-corrected chi connectivity index (χ1v) is 8.02. The average Bonchev–Trinajstić information content (AvgIpc) is 2.42. The van der Waals surface area contributed by atoms with Gasteiger partial charge in [0.2, 0.25) is 0 Å². The zero-order valence-electron chi connectivity index (χ0n) is 11.5. The van der Waals surface area contributed by atoms with Gasteiger partial charge in [0.05, 0.1) is 0 Å². The van der Waals surface area contributed by atoms with E-state index in [2.05, 4.69) is 37.8 Å². The molecule has 1 aromatic rings. The summed E-state index contributed by atoms with van der Waals surface area (Å²) >= 11 is 0. The Morgan fingerprint density at radius 1 is 1.33 bits per heavy atom. The molecule has 0 saturated heterocycles. The van der Waals surface area contributed by atoms with Gasteiger partial charge in [-0.05, 0) is 30.0 Å². The van der Waals surface area contributed by atoms with Crippen molar-refractivity contribution >= 4 is 15.8 Å². The Morgan fingerprint density at radius 3 is 2.67 bits per heavy atom. The number of benzene rings is 1. The third-order valence-electron chi connectivity index (χ3n) is 2.76. The minimum atomic E-state index is -0.454. The van der Waals surface area contributed by atoms with Crippen molar-refractivity contribution in [3.8, 4) is 0 Å². The van der Waals surface area contributed by atoms with Gasteiger partial charge in [0.1, 0.15) is 0 Å². The molecule has 0 aliphatic heterocycles. The highest BCUT2D eigenvalue weighted by Gasteiger charge is 2.03. The molecule has 0 aliphatic carbocycles. The van der Waals surface area contributed by atoms with E-state index in [4.69, 9.17) is 9.16 Å². The minimum Gasteiger partial charge on any atom is -0.423 e. The molecule has 0 N–H and O–H groups in total. The number of rotatable bonds is 9. The molecule has 1 atom stereocenters. The predicted molar refractivity (Wildman–Crippen MR) is 80.7 cm³/mol. The van der Waals surface area contributed by atoms with Crippen LogP contribution in [0.1, 0.15) is 25.0 Å². The Morgan fingerprint density at radius 2 is 2.06 bits per heavy atom. The summed E-state index contributed by atoms with van der Waals surface area (Å²) in [6.07, 6.45) is 2.86. The first-order chi connectivity index (χ1) is 8.76. The van der Waals surface area contributed by atoms with E-state index in [1.165, 1.54) is 11.1 Å². The van der Waals surface area contributed by atoms with Crippen LogP contribution in [0, 0.1) is 0 Å². The SMILES string of the molecule is C=Cc1ccc(CCO[SiH2]C(C)COCC)cc1. The normalized spacial score (nSPS) is 13.0. The molecule has 0 spiro atoms. The molecular formula is C15H24O2Si. The lowest BCUT2D eigenvalue weighted by Crippen LogP contribution is -2.12. The van der Waals surface area contributed by atoms with E-state index >= 15 is 0 Å². The molecule has 2 nitrogen and oxygen atoms in total. The van der Waals surface area contributed by atoms with Crippen molar-refractivity contribution in [3.05, 3.63) is 42.0 Å². The quantitative estimate of drug-likeness (QED) is 0.504. The van der Waals surface area contributed by atoms with Crippen LogP contribution < -0.4 is 0 Å². The molecule has 18 heavy (non-hydrogen) atoms. The van der Waals surface area contributed by atoms with Crippen LogP contribution in [0.2, 0.25) is 5.54 Å². The summed E-state index contributed by atoms with van der Waals surface area (Å²) in [6.45, 7) is 10.5. The molecule has 0 heterocycles. The molecule has 1 unspecified atom stereocenters. The van der Waals surface area contributed by atoms with E-state index in [9.17, 15) is 0 Å². The fraction of sp³-hybridized carbons (Fsp3) is 0.467. The predicted octanol–water partition coefficient (Wildman–Crippen LogP) is 2.82. The molecule has 0 saturated carbocycles. The zero-order chi connectivity index (χ0) is 13.2. The molecule has 0 bridgehead atoms. The molecule has 1 aromatic carbocycles. The van der Waals surface area contributed by atoms with Crippen molar-refractivity contribution in [1.82, 2.24) is 0 Å². The average molecular weight is 264 g/mol. The largest absolute Gasteiger partial charge is 0.423 e. The van der Waals surface area contributed by atoms with Gasteiger partial charge in [-0.25, -0.2) is 0 Å².